The van der Waals surface area contributed by atoms with Gasteiger partial charge in [0.15, 0.2) is 0 Å². The number of piperazine rings is 1. The Morgan fingerprint density at radius 1 is 0.850 bits per heavy atom. The lowest BCUT2D eigenvalue weighted by Gasteiger charge is -2.35. The first-order valence-electron chi connectivity index (χ1n) is 14.0. The van der Waals surface area contributed by atoms with Crippen LogP contribution in [0.3, 0.4) is 0 Å². The fourth-order valence-electron chi connectivity index (χ4n) is 5.07. The Hall–Kier alpha value is -1.53. The molecule has 0 unspecified atom stereocenters. The number of benzene rings is 2. The van der Waals surface area contributed by atoms with Crippen molar-refractivity contribution in [3.8, 4) is 0 Å². The predicted molar refractivity (Wildman–Crippen MR) is 166 cm³/mol. The van der Waals surface area contributed by atoms with Crippen LogP contribution < -0.4 is 0 Å². The van der Waals surface area contributed by atoms with Crippen LogP contribution in [0.4, 0.5) is 0 Å². The van der Waals surface area contributed by atoms with Gasteiger partial charge in [-0.1, -0.05) is 31.9 Å². The molecule has 220 valence electrons. The van der Waals surface area contributed by atoms with E-state index in [2.05, 4.69) is 82.6 Å². The van der Waals surface area contributed by atoms with E-state index in [0.29, 0.717) is 39.5 Å². The van der Waals surface area contributed by atoms with Crippen molar-refractivity contribution in [3.05, 3.63) is 45.3 Å². The monoisotopic (exact) mass is 681 g/mol. The molecule has 0 radical (unpaired) electrons. The molecule has 1 aromatic heterocycles. The number of aliphatic hydroxyl groups is 1. The summed E-state index contributed by atoms with van der Waals surface area (Å²) >= 11 is 7.21. The predicted octanol–water partition coefficient (Wildman–Crippen LogP) is 5.06. The second-order valence-electron chi connectivity index (χ2n) is 11.3. The van der Waals surface area contributed by atoms with Gasteiger partial charge >= 0.3 is 5.97 Å². The van der Waals surface area contributed by atoms with Crippen molar-refractivity contribution in [3.63, 3.8) is 0 Å². The number of nitrogens with zero attached hydrogens (tertiary/aromatic N) is 3. The van der Waals surface area contributed by atoms with Gasteiger partial charge in [0.05, 0.1) is 45.5 Å². The van der Waals surface area contributed by atoms with E-state index in [0.717, 1.165) is 52.7 Å². The van der Waals surface area contributed by atoms with Crippen molar-refractivity contribution in [1.82, 2.24) is 14.4 Å². The summed E-state index contributed by atoms with van der Waals surface area (Å²) < 4.78 is 20.8. The first-order chi connectivity index (χ1) is 19.1. The quantitative estimate of drug-likeness (QED) is 0.200. The molecule has 3 aromatic rings. The van der Waals surface area contributed by atoms with Crippen LogP contribution in [0, 0.1) is 0 Å². The van der Waals surface area contributed by atoms with E-state index >= 15 is 0 Å². The molecule has 4 rings (SSSR count). The number of β-amino-alcohol motifs (C(OH)–C–C–N with tert-alkyl or cyclic N) is 1. The Morgan fingerprint density at radius 2 is 1.40 bits per heavy atom. The van der Waals surface area contributed by atoms with Crippen LogP contribution in [-0.2, 0) is 25.5 Å². The van der Waals surface area contributed by atoms with Crippen LogP contribution in [0.5, 0.6) is 0 Å². The summed E-state index contributed by atoms with van der Waals surface area (Å²) in [6, 6.07) is 12.7. The highest BCUT2D eigenvalue weighted by Gasteiger charge is 2.21. The van der Waals surface area contributed by atoms with Gasteiger partial charge in [-0.15, -0.1) is 0 Å². The standard InChI is InChI=1S/C30H41Br2N3O5/c1-30(2,3)40-29(37)8-14-38-16-17-39-15-13-33-9-11-34(12-10-33)20-24(36)21-35-27-6-4-22(31)18-25(27)26-19-23(32)5-7-28(26)35/h4-7,18-19,24,36H,8-17,20-21H2,1-3H3/t24-/m1/s1. The minimum atomic E-state index is -0.463. The van der Waals surface area contributed by atoms with Crippen molar-refractivity contribution in [1.29, 1.82) is 0 Å². The molecule has 1 aliphatic heterocycles. The molecule has 2 heterocycles. The molecule has 8 nitrogen and oxygen atoms in total. The highest BCUT2D eigenvalue weighted by atomic mass is 79.9. The molecule has 0 saturated carbocycles. The second kappa shape index (κ2) is 14.6. The molecule has 0 bridgehead atoms. The first-order valence-corrected chi connectivity index (χ1v) is 15.5. The van der Waals surface area contributed by atoms with Crippen LogP contribution in [-0.4, -0.2) is 103 Å². The molecule has 40 heavy (non-hydrogen) atoms. The van der Waals surface area contributed by atoms with Crippen LogP contribution in [0.15, 0.2) is 45.3 Å². The fraction of sp³-hybridized carbons (Fsp3) is 0.567. The summed E-state index contributed by atoms with van der Waals surface area (Å²) in [5.74, 6) is -0.242. The fourth-order valence-corrected chi connectivity index (χ4v) is 5.79. The second-order valence-corrected chi connectivity index (χ2v) is 13.1. The van der Waals surface area contributed by atoms with Crippen molar-refractivity contribution >= 4 is 59.6 Å². The summed E-state index contributed by atoms with van der Waals surface area (Å²) in [6.45, 7) is 13.4. The smallest absolute Gasteiger partial charge is 0.308 e. The zero-order chi connectivity index (χ0) is 28.7. The highest BCUT2D eigenvalue weighted by molar-refractivity contribution is 9.10. The van der Waals surface area contributed by atoms with Gasteiger partial charge in [0.1, 0.15) is 5.60 Å². The number of halogens is 2. The van der Waals surface area contributed by atoms with Gasteiger partial charge in [-0.25, -0.2) is 0 Å². The number of esters is 1. The number of hydrogen-bond acceptors (Lipinski definition) is 7. The molecule has 1 fully saturated rings. The number of hydrogen-bond donors (Lipinski definition) is 1. The number of carbonyl (C=O) groups excluding carboxylic acids is 1. The molecule has 1 saturated heterocycles. The van der Waals surface area contributed by atoms with E-state index in [9.17, 15) is 9.90 Å². The van der Waals surface area contributed by atoms with Gasteiger partial charge in [-0.05, 0) is 57.2 Å². The summed E-state index contributed by atoms with van der Waals surface area (Å²) in [7, 11) is 0. The number of fused-ring (bicyclic) bond motifs is 3. The van der Waals surface area contributed by atoms with E-state index in [1.54, 1.807) is 0 Å². The summed E-state index contributed by atoms with van der Waals surface area (Å²) in [5.41, 5.74) is 1.80. The normalized spacial score (nSPS) is 16.1. The van der Waals surface area contributed by atoms with E-state index in [-0.39, 0.29) is 12.4 Å². The van der Waals surface area contributed by atoms with Crippen molar-refractivity contribution in [2.45, 2.75) is 45.4 Å². The topological polar surface area (TPSA) is 76.4 Å². The lowest BCUT2D eigenvalue weighted by atomic mass is 10.2. The van der Waals surface area contributed by atoms with Gasteiger partial charge in [0, 0.05) is 70.0 Å². The lowest BCUT2D eigenvalue weighted by Crippen LogP contribution is -2.49. The van der Waals surface area contributed by atoms with E-state index in [1.165, 1.54) is 10.8 Å². The maximum Gasteiger partial charge on any atom is 0.308 e. The highest BCUT2D eigenvalue weighted by Crippen LogP contribution is 2.33. The van der Waals surface area contributed by atoms with Crippen molar-refractivity contribution < 1.29 is 24.1 Å². The zero-order valence-corrected chi connectivity index (χ0v) is 26.9. The summed E-state index contributed by atoms with van der Waals surface area (Å²) in [5, 5.41) is 13.4. The molecular weight excluding hydrogens is 642 g/mol. The molecule has 2 aromatic carbocycles. The van der Waals surface area contributed by atoms with Crippen LogP contribution in [0.2, 0.25) is 0 Å². The average molecular weight is 683 g/mol. The summed E-state index contributed by atoms with van der Waals surface area (Å²) in [4.78, 5) is 16.4. The van der Waals surface area contributed by atoms with Crippen molar-refractivity contribution in [2.75, 3.05) is 65.7 Å². The SMILES string of the molecule is CC(C)(C)OC(=O)CCOCCOCCN1CCN(C[C@@H](O)Cn2c3ccc(Br)cc3c3cc(Br)ccc32)CC1. The third kappa shape index (κ3) is 9.24. The Bertz CT molecular complexity index is 1210. The Kier molecular flexibility index (Phi) is 11.4. The van der Waals surface area contributed by atoms with Gasteiger partial charge in [-0.2, -0.15) is 0 Å². The van der Waals surface area contributed by atoms with Crippen LogP contribution in [0.25, 0.3) is 21.8 Å². The van der Waals surface area contributed by atoms with E-state index in [1.807, 2.05) is 20.8 Å². The summed E-state index contributed by atoms with van der Waals surface area (Å²) in [6.07, 6.45) is -0.207. The molecular formula is C30H41Br2N3O5. The van der Waals surface area contributed by atoms with Crippen LogP contribution in [0.1, 0.15) is 27.2 Å². The molecule has 1 aliphatic rings. The number of rotatable bonds is 13. The molecule has 0 spiro atoms. The minimum absolute atomic E-state index is 0.242. The number of carbonyl (C=O) groups is 1. The molecule has 0 aliphatic carbocycles. The van der Waals surface area contributed by atoms with Gasteiger partial charge in [0.25, 0.3) is 0 Å². The molecule has 1 atom stereocenters. The van der Waals surface area contributed by atoms with E-state index < -0.39 is 11.7 Å². The third-order valence-electron chi connectivity index (χ3n) is 6.91. The maximum atomic E-state index is 11.7. The van der Waals surface area contributed by atoms with Gasteiger partial charge < -0.3 is 23.9 Å². The molecule has 10 heteroatoms. The number of ether oxygens (including phenoxy) is 3. The molecule has 0 amide bonds. The lowest BCUT2D eigenvalue weighted by molar-refractivity contribution is -0.156. The zero-order valence-electron chi connectivity index (χ0n) is 23.7. The van der Waals surface area contributed by atoms with E-state index in [4.69, 9.17) is 14.2 Å². The first kappa shape index (κ1) is 31.4. The Morgan fingerprint density at radius 3 is 1.98 bits per heavy atom. The maximum absolute atomic E-state index is 11.7. The third-order valence-corrected chi connectivity index (χ3v) is 7.90. The minimum Gasteiger partial charge on any atom is -0.460 e. The Labute approximate surface area is 253 Å². The number of aliphatic hydroxyl groups excluding tert-OH is 1. The molecule has 1 N–H and O–H groups in total. The average Bonchev–Trinajstić information content (AvgIpc) is 3.17. The van der Waals surface area contributed by atoms with Gasteiger partial charge in [0.2, 0.25) is 0 Å². The number of aromatic nitrogens is 1. The largest absolute Gasteiger partial charge is 0.460 e. The van der Waals surface area contributed by atoms with Crippen LogP contribution >= 0.6 is 31.9 Å². The van der Waals surface area contributed by atoms with Crippen molar-refractivity contribution in [2.24, 2.45) is 0 Å². The Balaban J connectivity index is 1.13. The van der Waals surface area contributed by atoms with Gasteiger partial charge in [-0.3, -0.25) is 14.6 Å².